The number of hydrogen-bond donors (Lipinski definition) is 0. The molecule has 0 spiro atoms. The molecule has 2 unspecified atom stereocenters. The molecule has 1 aromatic carbocycles. The lowest BCUT2D eigenvalue weighted by atomic mass is 9.88. The number of fused-ring (bicyclic) bond motifs is 1. The summed E-state index contributed by atoms with van der Waals surface area (Å²) in [5, 5.41) is 0. The van der Waals surface area contributed by atoms with Crippen molar-refractivity contribution < 1.29 is 4.74 Å². The Morgan fingerprint density at radius 3 is 2.44 bits per heavy atom. The van der Waals surface area contributed by atoms with Gasteiger partial charge in [0.1, 0.15) is 0 Å². The molecule has 3 aromatic rings. The first-order chi connectivity index (χ1) is 17.7. The van der Waals surface area contributed by atoms with Gasteiger partial charge in [-0.25, -0.2) is 4.79 Å². The Balaban J connectivity index is 1.36. The fourth-order valence-electron chi connectivity index (χ4n) is 6.51. The minimum Gasteiger partial charge on any atom is -0.375 e. The number of benzene rings is 1. The van der Waals surface area contributed by atoms with Gasteiger partial charge in [-0.15, -0.1) is 0 Å². The second kappa shape index (κ2) is 12.2. The summed E-state index contributed by atoms with van der Waals surface area (Å²) in [6.45, 7) is 7.13. The third kappa shape index (κ3) is 5.76. The molecule has 36 heavy (non-hydrogen) atoms. The summed E-state index contributed by atoms with van der Waals surface area (Å²) >= 11 is 0. The Kier molecular flexibility index (Phi) is 8.55. The summed E-state index contributed by atoms with van der Waals surface area (Å²) in [4.78, 5) is 20.7. The number of likely N-dealkylation sites (tertiary alicyclic amines) is 1. The third-order valence-corrected chi connectivity index (χ3v) is 8.34. The molecule has 1 saturated heterocycles. The smallest absolute Gasteiger partial charge is 0.329 e. The molecular formula is C30H42N4O2. The molecule has 0 bridgehead atoms. The zero-order chi connectivity index (χ0) is 24.7. The summed E-state index contributed by atoms with van der Waals surface area (Å²) in [5.74, 6) is 1.08. The number of piperidine rings is 1. The number of hydrogen-bond acceptors (Lipinski definition) is 4. The van der Waals surface area contributed by atoms with Crippen molar-refractivity contribution in [2.75, 3.05) is 26.2 Å². The molecule has 0 radical (unpaired) electrons. The molecule has 2 aliphatic rings. The summed E-state index contributed by atoms with van der Waals surface area (Å²) in [6.07, 6.45) is 12.5. The third-order valence-electron chi connectivity index (χ3n) is 8.34. The second-order valence-electron chi connectivity index (χ2n) is 10.8. The van der Waals surface area contributed by atoms with Crippen molar-refractivity contribution in [2.24, 2.45) is 11.8 Å². The van der Waals surface area contributed by atoms with Crippen LogP contribution in [0.1, 0.15) is 70.0 Å². The lowest BCUT2D eigenvalue weighted by Gasteiger charge is -2.40. The number of aromatic nitrogens is 3. The van der Waals surface area contributed by atoms with Crippen LogP contribution in [0.5, 0.6) is 0 Å². The number of para-hydroxylation sites is 2. The highest BCUT2D eigenvalue weighted by atomic mass is 16.5. The van der Waals surface area contributed by atoms with E-state index in [1.807, 2.05) is 35.0 Å². The van der Waals surface area contributed by atoms with Gasteiger partial charge < -0.3 is 9.64 Å². The van der Waals surface area contributed by atoms with E-state index in [9.17, 15) is 4.79 Å². The minimum absolute atomic E-state index is 0.117. The molecule has 0 amide bonds. The number of ether oxygens (including phenoxy) is 1. The van der Waals surface area contributed by atoms with Crippen molar-refractivity contribution in [1.82, 2.24) is 19.0 Å². The molecule has 2 aromatic heterocycles. The van der Waals surface area contributed by atoms with Gasteiger partial charge in [0.15, 0.2) is 0 Å². The van der Waals surface area contributed by atoms with E-state index in [0.29, 0.717) is 19.8 Å². The summed E-state index contributed by atoms with van der Waals surface area (Å²) in [6, 6.07) is 14.4. The second-order valence-corrected chi connectivity index (χ2v) is 10.8. The van der Waals surface area contributed by atoms with Crippen LogP contribution >= 0.6 is 0 Å². The van der Waals surface area contributed by atoms with Gasteiger partial charge in [-0.3, -0.25) is 14.1 Å². The average Bonchev–Trinajstić information content (AvgIpc) is 3.17. The molecule has 5 rings (SSSR count). The van der Waals surface area contributed by atoms with E-state index in [1.165, 1.54) is 51.5 Å². The van der Waals surface area contributed by atoms with Crippen molar-refractivity contribution in [3.05, 3.63) is 64.8 Å². The van der Waals surface area contributed by atoms with Gasteiger partial charge in [0.25, 0.3) is 0 Å². The molecule has 2 fully saturated rings. The molecule has 6 nitrogen and oxygen atoms in total. The first-order valence-corrected chi connectivity index (χ1v) is 14.1. The van der Waals surface area contributed by atoms with Crippen LogP contribution in [-0.4, -0.2) is 45.3 Å². The standard InChI is InChI=1S/C30H42N4O2/c1-2-33-28-15-8-9-16-29(28)34(30(33)35)27-17-19-32(20-24-12-6-4-3-5-7-13-24)21-25(27)22-36-23-26-14-10-11-18-31-26/h8-11,14-16,18,24-25,27H,2-7,12-13,17,19-23H2,1H3. The van der Waals surface area contributed by atoms with E-state index in [0.717, 1.165) is 42.2 Å². The summed E-state index contributed by atoms with van der Waals surface area (Å²) in [5.41, 5.74) is 3.16. The Hall–Kier alpha value is -2.44. The first-order valence-electron chi connectivity index (χ1n) is 14.1. The van der Waals surface area contributed by atoms with Crippen molar-refractivity contribution in [1.29, 1.82) is 0 Å². The minimum atomic E-state index is 0.117. The highest BCUT2D eigenvalue weighted by Crippen LogP contribution is 2.32. The van der Waals surface area contributed by atoms with Crippen LogP contribution < -0.4 is 5.69 Å². The number of aryl methyl sites for hydroxylation is 1. The van der Waals surface area contributed by atoms with Crippen molar-refractivity contribution in [3.63, 3.8) is 0 Å². The maximum absolute atomic E-state index is 13.6. The number of rotatable bonds is 8. The zero-order valence-corrected chi connectivity index (χ0v) is 21.9. The molecule has 3 heterocycles. The Bertz CT molecular complexity index is 1150. The fraction of sp³-hybridized carbons (Fsp3) is 0.600. The van der Waals surface area contributed by atoms with E-state index >= 15 is 0 Å². The molecule has 0 N–H and O–H groups in total. The Morgan fingerprint density at radius 1 is 0.944 bits per heavy atom. The molecule has 1 aliphatic carbocycles. The molecule has 6 heteroatoms. The van der Waals surface area contributed by atoms with E-state index in [-0.39, 0.29) is 17.6 Å². The maximum Gasteiger partial charge on any atom is 0.329 e. The number of pyridine rings is 1. The van der Waals surface area contributed by atoms with Gasteiger partial charge >= 0.3 is 5.69 Å². The Morgan fingerprint density at radius 2 is 1.69 bits per heavy atom. The van der Waals surface area contributed by atoms with Crippen molar-refractivity contribution in [3.8, 4) is 0 Å². The monoisotopic (exact) mass is 490 g/mol. The first kappa shape index (κ1) is 25.2. The van der Waals surface area contributed by atoms with Gasteiger partial charge in [-0.1, -0.05) is 50.3 Å². The van der Waals surface area contributed by atoms with Crippen LogP contribution in [0.2, 0.25) is 0 Å². The van der Waals surface area contributed by atoms with E-state index in [2.05, 4.69) is 39.6 Å². The highest BCUT2D eigenvalue weighted by molar-refractivity contribution is 5.76. The topological polar surface area (TPSA) is 52.3 Å². The van der Waals surface area contributed by atoms with Crippen LogP contribution in [-0.2, 0) is 17.9 Å². The highest BCUT2D eigenvalue weighted by Gasteiger charge is 2.34. The fourth-order valence-corrected chi connectivity index (χ4v) is 6.51. The molecule has 2 atom stereocenters. The van der Waals surface area contributed by atoms with Gasteiger partial charge in [-0.2, -0.15) is 0 Å². The van der Waals surface area contributed by atoms with Gasteiger partial charge in [0, 0.05) is 44.3 Å². The van der Waals surface area contributed by atoms with E-state index in [1.54, 1.807) is 0 Å². The SMILES string of the molecule is CCn1c(=O)n(C2CCN(CC3CCCCCCC3)CC2COCc2ccccn2)c2ccccc21. The van der Waals surface area contributed by atoms with Crippen molar-refractivity contribution >= 4 is 11.0 Å². The van der Waals surface area contributed by atoms with Gasteiger partial charge in [0.2, 0.25) is 0 Å². The molecular weight excluding hydrogens is 448 g/mol. The average molecular weight is 491 g/mol. The largest absolute Gasteiger partial charge is 0.375 e. The van der Waals surface area contributed by atoms with Crippen LogP contribution in [0.25, 0.3) is 11.0 Å². The maximum atomic E-state index is 13.6. The van der Waals surface area contributed by atoms with E-state index in [4.69, 9.17) is 4.74 Å². The summed E-state index contributed by atoms with van der Waals surface area (Å²) < 4.78 is 10.3. The predicted molar refractivity (Wildman–Crippen MR) is 145 cm³/mol. The summed E-state index contributed by atoms with van der Waals surface area (Å²) in [7, 11) is 0. The van der Waals surface area contributed by atoms with Crippen LogP contribution in [0, 0.1) is 11.8 Å². The quantitative estimate of drug-likeness (QED) is 0.409. The molecule has 1 saturated carbocycles. The normalized spacial score (nSPS) is 22.5. The van der Waals surface area contributed by atoms with Crippen LogP contribution in [0.4, 0.5) is 0 Å². The van der Waals surface area contributed by atoms with Crippen LogP contribution in [0.15, 0.2) is 53.5 Å². The molecule has 1 aliphatic heterocycles. The lowest BCUT2D eigenvalue weighted by Crippen LogP contribution is -2.46. The zero-order valence-electron chi connectivity index (χ0n) is 21.9. The van der Waals surface area contributed by atoms with Gasteiger partial charge in [-0.05, 0) is 56.4 Å². The molecule has 194 valence electrons. The van der Waals surface area contributed by atoms with Crippen LogP contribution in [0.3, 0.4) is 0 Å². The van der Waals surface area contributed by atoms with Crippen molar-refractivity contribution in [2.45, 2.75) is 77.5 Å². The Labute approximate surface area is 215 Å². The predicted octanol–water partition coefficient (Wildman–Crippen LogP) is 5.66. The number of nitrogens with zero attached hydrogens (tertiary/aromatic N) is 4. The number of imidazole rings is 1. The van der Waals surface area contributed by atoms with Gasteiger partial charge in [0.05, 0.1) is 29.9 Å². The lowest BCUT2D eigenvalue weighted by molar-refractivity contribution is 0.0194. The van der Waals surface area contributed by atoms with E-state index < -0.39 is 0 Å².